The van der Waals surface area contributed by atoms with Crippen LogP contribution in [0.1, 0.15) is 22.7 Å². The molecular weight excluding hydrogens is 785 g/mol. The fourth-order valence-corrected chi connectivity index (χ4v) is 10.8. The number of nitrogens with zero attached hydrogens (tertiary/aromatic N) is 2. The van der Waals surface area contributed by atoms with E-state index in [1.165, 1.54) is 104 Å². The molecule has 2 heterocycles. The first-order valence-corrected chi connectivity index (χ1v) is 22.5. The first-order valence-electron chi connectivity index (χ1n) is 22.5. The Morgan fingerprint density at radius 2 is 0.846 bits per heavy atom. The van der Waals surface area contributed by atoms with Crippen LogP contribution in [-0.4, -0.2) is 12.0 Å². The van der Waals surface area contributed by atoms with Gasteiger partial charge in [0.1, 0.15) is 0 Å². The molecule has 0 spiro atoms. The lowest BCUT2D eigenvalue weighted by atomic mass is 9.81. The molecule has 12 aromatic rings. The number of hydrogen-bond donors (Lipinski definition) is 0. The minimum Gasteiger partial charge on any atom is -0.363 e. The molecule has 0 saturated heterocycles. The number of rotatable bonds is 5. The predicted octanol–water partition coefficient (Wildman–Crippen LogP) is 16.6. The van der Waals surface area contributed by atoms with Crippen molar-refractivity contribution in [1.82, 2.24) is 4.98 Å². The minimum absolute atomic E-state index is 0.0445. The van der Waals surface area contributed by atoms with Crippen LogP contribution in [0.3, 0.4) is 0 Å². The Kier molecular flexibility index (Phi) is 8.54. The van der Waals surface area contributed by atoms with Crippen LogP contribution in [0.25, 0.3) is 104 Å². The summed E-state index contributed by atoms with van der Waals surface area (Å²) < 4.78 is 0. The molecule has 1 unspecified atom stereocenters. The second-order valence-electron chi connectivity index (χ2n) is 17.4. The monoisotopic (exact) mass is 826 g/mol. The van der Waals surface area contributed by atoms with E-state index in [9.17, 15) is 0 Å². The number of pyridine rings is 1. The van der Waals surface area contributed by atoms with Crippen LogP contribution in [0.15, 0.2) is 231 Å². The summed E-state index contributed by atoms with van der Waals surface area (Å²) in [7, 11) is 2.28. The van der Waals surface area contributed by atoms with Gasteiger partial charge in [-0.2, -0.15) is 0 Å². The molecule has 0 radical (unpaired) electrons. The molecule has 1 aliphatic rings. The number of fused-ring (bicyclic) bond motifs is 10. The second-order valence-corrected chi connectivity index (χ2v) is 17.4. The maximum absolute atomic E-state index is 5.20. The molecule has 1 aromatic heterocycles. The van der Waals surface area contributed by atoms with Crippen molar-refractivity contribution in [2.45, 2.75) is 6.04 Å². The van der Waals surface area contributed by atoms with Gasteiger partial charge in [-0.25, -0.2) is 4.98 Å². The molecule has 65 heavy (non-hydrogen) atoms. The Morgan fingerprint density at radius 1 is 0.354 bits per heavy atom. The second kappa shape index (κ2) is 14.9. The summed E-state index contributed by atoms with van der Waals surface area (Å²) in [5.74, 6) is 0. The van der Waals surface area contributed by atoms with Crippen molar-refractivity contribution in [3.8, 4) is 33.5 Å². The van der Waals surface area contributed by atoms with Gasteiger partial charge in [-0.1, -0.05) is 194 Å². The molecule has 2 nitrogen and oxygen atoms in total. The summed E-state index contributed by atoms with van der Waals surface area (Å²) in [6.07, 6.45) is 2.52. The molecule has 1 aliphatic heterocycles. The summed E-state index contributed by atoms with van der Waals surface area (Å²) >= 11 is 0. The first-order chi connectivity index (χ1) is 32.2. The molecule has 0 bridgehead atoms. The van der Waals surface area contributed by atoms with Gasteiger partial charge in [0.05, 0.1) is 22.9 Å². The van der Waals surface area contributed by atoms with Crippen LogP contribution in [-0.2, 0) is 0 Å². The zero-order chi connectivity index (χ0) is 43.0. The molecule has 0 amide bonds. The molecule has 304 valence electrons. The van der Waals surface area contributed by atoms with Gasteiger partial charge in [0.25, 0.3) is 0 Å². The summed E-state index contributed by atoms with van der Waals surface area (Å²) in [6, 6.07) is 82.3. The van der Waals surface area contributed by atoms with Crippen LogP contribution in [0.5, 0.6) is 0 Å². The van der Waals surface area contributed by atoms with Crippen molar-refractivity contribution >= 4 is 76.0 Å². The number of aromatic nitrogens is 1. The number of likely N-dealkylation sites (N-methyl/N-ethyl adjacent to an activating group) is 1. The van der Waals surface area contributed by atoms with Gasteiger partial charge in [0.15, 0.2) is 0 Å². The van der Waals surface area contributed by atoms with E-state index in [1.807, 2.05) is 0 Å². The third kappa shape index (κ3) is 5.99. The van der Waals surface area contributed by atoms with Gasteiger partial charge in [0.2, 0.25) is 0 Å². The Morgan fingerprint density at radius 3 is 1.51 bits per heavy atom. The Hall–Kier alpha value is -8.33. The predicted molar refractivity (Wildman–Crippen MR) is 277 cm³/mol. The zero-order valence-corrected chi connectivity index (χ0v) is 35.9. The molecule has 11 aromatic carbocycles. The van der Waals surface area contributed by atoms with E-state index in [0.717, 1.165) is 22.2 Å². The van der Waals surface area contributed by atoms with E-state index in [1.54, 1.807) is 0 Å². The van der Waals surface area contributed by atoms with Crippen molar-refractivity contribution in [1.29, 1.82) is 0 Å². The highest BCUT2D eigenvalue weighted by Crippen LogP contribution is 2.51. The molecule has 13 rings (SSSR count). The summed E-state index contributed by atoms with van der Waals surface area (Å²) in [5.41, 5.74) is 14.1. The van der Waals surface area contributed by atoms with Gasteiger partial charge in [-0.3, -0.25) is 0 Å². The first kappa shape index (κ1) is 37.2. The van der Waals surface area contributed by atoms with Crippen molar-refractivity contribution < 1.29 is 0 Å². The average Bonchev–Trinajstić information content (AvgIpc) is 3.38. The average molecular weight is 827 g/mol. The number of anilines is 1. The Balaban J connectivity index is 1.04. The van der Waals surface area contributed by atoms with Crippen molar-refractivity contribution in [2.24, 2.45) is 0 Å². The van der Waals surface area contributed by atoms with E-state index >= 15 is 0 Å². The molecule has 0 saturated carbocycles. The Bertz CT molecular complexity index is 3900. The lowest BCUT2D eigenvalue weighted by Gasteiger charge is -2.37. The van der Waals surface area contributed by atoms with Gasteiger partial charge in [0, 0.05) is 28.9 Å². The number of para-hydroxylation sites is 1. The van der Waals surface area contributed by atoms with Gasteiger partial charge >= 0.3 is 0 Å². The molecule has 2 heteroatoms. The molecular formula is C63H42N2. The highest BCUT2D eigenvalue weighted by atomic mass is 15.1. The zero-order valence-electron chi connectivity index (χ0n) is 35.9. The van der Waals surface area contributed by atoms with Crippen molar-refractivity contribution in [3.05, 3.63) is 247 Å². The fourth-order valence-electron chi connectivity index (χ4n) is 10.8. The normalized spacial score (nSPS) is 13.8. The largest absolute Gasteiger partial charge is 0.363 e. The number of hydrogen-bond acceptors (Lipinski definition) is 2. The highest BCUT2D eigenvalue weighted by Gasteiger charge is 2.30. The van der Waals surface area contributed by atoms with E-state index in [4.69, 9.17) is 4.98 Å². The molecule has 0 aliphatic carbocycles. The summed E-state index contributed by atoms with van der Waals surface area (Å²) in [6.45, 7) is 0. The smallest absolute Gasteiger partial charge is 0.0732 e. The van der Waals surface area contributed by atoms with Crippen LogP contribution in [0.4, 0.5) is 5.69 Å². The van der Waals surface area contributed by atoms with Crippen LogP contribution in [0.2, 0.25) is 0 Å². The highest BCUT2D eigenvalue weighted by molar-refractivity contribution is 6.20. The van der Waals surface area contributed by atoms with Crippen molar-refractivity contribution in [3.63, 3.8) is 0 Å². The maximum Gasteiger partial charge on any atom is 0.0732 e. The van der Waals surface area contributed by atoms with E-state index < -0.39 is 0 Å². The minimum atomic E-state index is -0.0445. The number of benzene rings is 11. The third-order valence-corrected chi connectivity index (χ3v) is 13.9. The van der Waals surface area contributed by atoms with Crippen LogP contribution >= 0.6 is 0 Å². The third-order valence-electron chi connectivity index (χ3n) is 13.9. The maximum atomic E-state index is 5.20. The standard InChI is InChI=1S/C63H42N2/c1-65-62(42-33-31-41(32-34-42)61-38-54(40-17-3-2-4-18-40)52-28-15-16-30-60(52)64-61)39-58(56-36-44-20-6-8-22-46(44)48-24-10-12-26-50(48)56)59-37-57(51-27-13-14-29-53(51)63(59)65)55-35-43-19-5-7-21-45(43)47-23-9-11-25-49(47)55/h2-39,62H,1H3. The van der Waals surface area contributed by atoms with Gasteiger partial charge < -0.3 is 4.90 Å². The molecule has 0 fully saturated rings. The summed E-state index contributed by atoms with van der Waals surface area (Å²) in [5, 5.41) is 13.7. The lowest BCUT2D eigenvalue weighted by molar-refractivity contribution is 0.805. The van der Waals surface area contributed by atoms with E-state index in [-0.39, 0.29) is 6.04 Å². The van der Waals surface area contributed by atoms with E-state index in [0.29, 0.717) is 0 Å². The molecule has 1 atom stereocenters. The van der Waals surface area contributed by atoms with Crippen molar-refractivity contribution in [2.75, 3.05) is 11.9 Å². The summed E-state index contributed by atoms with van der Waals surface area (Å²) in [4.78, 5) is 7.71. The van der Waals surface area contributed by atoms with Gasteiger partial charge in [-0.05, 0) is 124 Å². The van der Waals surface area contributed by atoms with Crippen LogP contribution < -0.4 is 4.90 Å². The quantitative estimate of drug-likeness (QED) is 0.161. The fraction of sp³-hybridized carbons (Fsp3) is 0.0317. The van der Waals surface area contributed by atoms with Crippen LogP contribution in [0, 0.1) is 0 Å². The Labute approximate surface area is 378 Å². The SMILES string of the molecule is CN1c2c(cc(-c3cc4ccccc4c4ccccc34)c3ccccc23)C(c2cc3ccccc3c3ccccc23)=CC1c1ccc(-c2cc(-c3ccccc3)c3ccccc3n2)cc1. The lowest BCUT2D eigenvalue weighted by Crippen LogP contribution is -2.27. The molecule has 0 N–H and O–H groups in total. The topological polar surface area (TPSA) is 16.1 Å². The van der Waals surface area contributed by atoms with E-state index in [2.05, 4.69) is 242 Å². The van der Waals surface area contributed by atoms with Gasteiger partial charge in [-0.15, -0.1) is 0 Å².